The second-order valence-electron chi connectivity index (χ2n) is 18.0. The Balaban J connectivity index is 1.27. The second kappa shape index (κ2) is 20.1. The van der Waals surface area contributed by atoms with Crippen molar-refractivity contribution >= 4 is 34.0 Å². The fourth-order valence-corrected chi connectivity index (χ4v) is 10.3. The van der Waals surface area contributed by atoms with Crippen molar-refractivity contribution in [1.82, 2.24) is 14.9 Å². The molecule has 5 aromatic rings. The minimum absolute atomic E-state index is 0.00294. The molecule has 11 heteroatoms. The lowest BCUT2D eigenvalue weighted by Crippen LogP contribution is -2.36. The molecule has 11 nitrogen and oxygen atoms in total. The maximum atomic E-state index is 14.3. The van der Waals surface area contributed by atoms with Gasteiger partial charge in [-0.1, -0.05) is 62.6 Å². The number of phenols is 2. The lowest BCUT2D eigenvalue weighted by atomic mass is 9.82. The third-order valence-electron chi connectivity index (χ3n) is 13.7. The average Bonchev–Trinajstić information content (AvgIpc) is 4.08. The van der Waals surface area contributed by atoms with Crippen LogP contribution in [0.15, 0.2) is 109 Å². The summed E-state index contributed by atoms with van der Waals surface area (Å²) in [5, 5.41) is 27.0. The summed E-state index contributed by atoms with van der Waals surface area (Å²) in [7, 11) is 1.51. The van der Waals surface area contributed by atoms with Crippen LogP contribution in [0.2, 0.25) is 0 Å². The number of phenolic OH excluding ortho intramolecular Hbond substituents is 2. The number of esters is 1. The van der Waals surface area contributed by atoms with E-state index in [1.165, 1.54) is 25.2 Å². The van der Waals surface area contributed by atoms with E-state index in [-0.39, 0.29) is 47.9 Å². The molecule has 2 aromatic heterocycles. The van der Waals surface area contributed by atoms with Gasteiger partial charge >= 0.3 is 5.97 Å². The highest BCUT2D eigenvalue weighted by Crippen LogP contribution is 2.39. The Bertz CT molecular complexity index is 2530. The van der Waals surface area contributed by atoms with E-state index in [0.29, 0.717) is 43.9 Å². The van der Waals surface area contributed by atoms with Gasteiger partial charge < -0.3 is 39.5 Å². The minimum atomic E-state index is -0.578. The summed E-state index contributed by atoms with van der Waals surface area (Å²) in [6, 6.07) is 18.5. The maximum absolute atomic E-state index is 14.3. The molecule has 4 N–H and O–H groups in total. The summed E-state index contributed by atoms with van der Waals surface area (Å²) < 4.78 is 13.5. The van der Waals surface area contributed by atoms with Crippen molar-refractivity contribution in [3.8, 4) is 17.2 Å². The van der Waals surface area contributed by atoms with Crippen LogP contribution in [0.4, 0.5) is 5.69 Å². The zero-order valence-electron chi connectivity index (χ0n) is 37.4. The summed E-state index contributed by atoms with van der Waals surface area (Å²) in [6.07, 6.45) is 20.6. The van der Waals surface area contributed by atoms with E-state index in [1.807, 2.05) is 24.3 Å². The lowest BCUT2D eigenvalue weighted by Gasteiger charge is -2.32. The number of fused-ring (bicyclic) bond motifs is 3. The molecule has 3 aliphatic rings. The molecular formula is C53H62N4O7. The highest BCUT2D eigenvalue weighted by Gasteiger charge is 2.29. The van der Waals surface area contributed by atoms with Crippen LogP contribution < -0.4 is 15.0 Å². The van der Waals surface area contributed by atoms with Crippen molar-refractivity contribution in [3.05, 3.63) is 131 Å². The number of allylic oxidation sites excluding steroid dienone is 2. The van der Waals surface area contributed by atoms with Crippen molar-refractivity contribution in [1.29, 1.82) is 0 Å². The number of ether oxygens (including phenoxy) is 2. The number of ketones is 2. The molecule has 3 aromatic carbocycles. The van der Waals surface area contributed by atoms with Gasteiger partial charge in [-0.25, -0.2) is 0 Å². The van der Waals surface area contributed by atoms with E-state index in [1.54, 1.807) is 18.2 Å². The third kappa shape index (κ3) is 10.2. The number of carbonyl (C=O) groups excluding carboxylic acids is 3. The van der Waals surface area contributed by atoms with Gasteiger partial charge in [0.25, 0.3) is 0 Å². The van der Waals surface area contributed by atoms with Crippen LogP contribution in [0.25, 0.3) is 10.8 Å². The van der Waals surface area contributed by atoms with Crippen LogP contribution in [0.5, 0.6) is 17.2 Å². The zero-order chi connectivity index (χ0) is 44.7. The number of H-pyrrole nitrogens is 1. The molecule has 64 heavy (non-hydrogen) atoms. The number of hydrogen-bond donors (Lipinski definition) is 4. The standard InChI is InChI=1S/C53H62N4O7/c1-4-35-15-17-45(64-34(2)58)28-44(60)29-49(39-16-18-51(62)52(26-39)63-3)56-32-40-12-8-14-48(47(40)33-56)57(22-20-50(61)36-9-5-6-10-36)53-27-38(19-21-55-53)46(37-11-7-13-43(59)24-37)25-42-31-54-30-41(42)23-35/h7-8,11-14,16,18-19,24,26-27,30-33,35-36,45-46,49,54-55,59,62H,4-6,9-10,15,17,20-23,25,28-29H2,1-3H3/t35-,45-,46+,49-/m1/s1. The van der Waals surface area contributed by atoms with E-state index in [9.17, 15) is 24.6 Å². The third-order valence-corrected chi connectivity index (χ3v) is 13.7. The maximum Gasteiger partial charge on any atom is 0.302 e. The number of carbonyl (C=O) groups is 3. The number of anilines is 1. The normalized spacial score (nSPS) is 21.4. The van der Waals surface area contributed by atoms with E-state index in [4.69, 9.17) is 9.47 Å². The molecule has 0 spiro atoms. The Morgan fingerprint density at radius 3 is 2.44 bits per heavy atom. The number of rotatable bonds is 9. The fourth-order valence-electron chi connectivity index (χ4n) is 10.3. The van der Waals surface area contributed by atoms with Crippen LogP contribution in [-0.2, 0) is 32.0 Å². The number of aromatic amines is 1. The Morgan fingerprint density at radius 2 is 1.67 bits per heavy atom. The molecule has 0 unspecified atom stereocenters. The van der Waals surface area contributed by atoms with Crippen LogP contribution in [0.1, 0.15) is 112 Å². The Kier molecular flexibility index (Phi) is 13.9. The van der Waals surface area contributed by atoms with E-state index < -0.39 is 18.1 Å². The zero-order valence-corrected chi connectivity index (χ0v) is 37.4. The van der Waals surface area contributed by atoms with Gasteiger partial charge in [-0.05, 0) is 109 Å². The van der Waals surface area contributed by atoms with E-state index in [0.717, 1.165) is 83.9 Å². The number of methoxy groups -OCH3 is 1. The molecule has 336 valence electrons. The van der Waals surface area contributed by atoms with Crippen LogP contribution in [0.3, 0.4) is 0 Å². The lowest BCUT2D eigenvalue weighted by molar-refractivity contribution is -0.148. The molecule has 1 fully saturated rings. The van der Waals surface area contributed by atoms with Crippen molar-refractivity contribution < 1.29 is 34.1 Å². The Labute approximate surface area is 376 Å². The number of nitrogens with zero attached hydrogens (tertiary/aromatic N) is 2. The van der Waals surface area contributed by atoms with Crippen LogP contribution >= 0.6 is 0 Å². The molecule has 0 amide bonds. The quantitative estimate of drug-likeness (QED) is 0.106. The molecular weight excluding hydrogens is 805 g/mol. The summed E-state index contributed by atoms with van der Waals surface area (Å²) in [6.45, 7) is 4.63. The number of Topliss-reactive ketones (excluding diaryl/α,β-unsaturated/α-hetero) is 2. The van der Waals surface area contributed by atoms with Crippen molar-refractivity contribution in [2.75, 3.05) is 25.1 Å². The van der Waals surface area contributed by atoms with Gasteiger partial charge in [0.05, 0.1) is 18.8 Å². The molecule has 0 saturated heterocycles. The van der Waals surface area contributed by atoms with Gasteiger partial charge in [0.2, 0.25) is 0 Å². The van der Waals surface area contributed by atoms with Crippen molar-refractivity contribution in [2.24, 2.45) is 11.8 Å². The molecule has 4 atom stereocenters. The number of aromatic hydroxyl groups is 2. The topological polar surface area (TPSA) is 146 Å². The summed E-state index contributed by atoms with van der Waals surface area (Å²) in [5.41, 5.74) is 6.25. The molecule has 4 bridgehead atoms. The largest absolute Gasteiger partial charge is 0.508 e. The van der Waals surface area contributed by atoms with E-state index >= 15 is 0 Å². The van der Waals surface area contributed by atoms with Gasteiger partial charge in [-0.2, -0.15) is 0 Å². The highest BCUT2D eigenvalue weighted by molar-refractivity contribution is 5.95. The SMILES string of the molecule is CC[C@@H]1CC[C@@H](OC(C)=O)CC(=O)C[C@H](c2ccc(O)c(OC)c2)n2cc3cccc(c3c2)N(CCC(=O)C2CCCC2)C2=CC(=CCN2)[C@H](c2cccc(O)c2)Cc2c[nH]cc2C1. The minimum Gasteiger partial charge on any atom is -0.508 e. The van der Waals surface area contributed by atoms with Crippen LogP contribution in [-0.4, -0.2) is 63.6 Å². The number of aromatic nitrogens is 2. The molecule has 8 rings (SSSR count). The Morgan fingerprint density at radius 1 is 0.875 bits per heavy atom. The summed E-state index contributed by atoms with van der Waals surface area (Å²) in [4.78, 5) is 46.2. The van der Waals surface area contributed by atoms with Crippen LogP contribution in [0, 0.1) is 11.8 Å². The smallest absolute Gasteiger partial charge is 0.302 e. The first-order valence-corrected chi connectivity index (χ1v) is 23.1. The van der Waals surface area contributed by atoms with Gasteiger partial charge in [0, 0.05) is 86.7 Å². The van der Waals surface area contributed by atoms with E-state index in [2.05, 4.69) is 81.8 Å². The van der Waals surface area contributed by atoms with Gasteiger partial charge in [0.15, 0.2) is 11.5 Å². The van der Waals surface area contributed by atoms with Crippen molar-refractivity contribution in [2.45, 2.75) is 109 Å². The first kappa shape index (κ1) is 44.4. The van der Waals surface area contributed by atoms with Gasteiger partial charge in [-0.15, -0.1) is 0 Å². The van der Waals surface area contributed by atoms with Gasteiger partial charge in [-0.3, -0.25) is 14.4 Å². The number of benzene rings is 3. The number of dihydropyridines is 1. The number of hydrogen-bond acceptors (Lipinski definition) is 9. The number of nitrogens with one attached hydrogen (secondary N) is 2. The second-order valence-corrected chi connectivity index (χ2v) is 18.0. The molecule has 2 aliphatic heterocycles. The predicted molar refractivity (Wildman–Crippen MR) is 250 cm³/mol. The first-order chi connectivity index (χ1) is 31.1. The molecule has 4 heterocycles. The van der Waals surface area contributed by atoms with Crippen molar-refractivity contribution in [3.63, 3.8) is 0 Å². The first-order valence-electron chi connectivity index (χ1n) is 23.1. The monoisotopic (exact) mass is 866 g/mol. The summed E-state index contributed by atoms with van der Waals surface area (Å²) >= 11 is 0. The highest BCUT2D eigenvalue weighted by atomic mass is 16.5. The average molecular weight is 867 g/mol. The molecule has 1 saturated carbocycles. The summed E-state index contributed by atoms with van der Waals surface area (Å²) in [5.74, 6) is 1.53. The Hall–Kier alpha value is -6.23. The molecule has 1 aliphatic carbocycles. The van der Waals surface area contributed by atoms with Gasteiger partial charge in [0.1, 0.15) is 29.2 Å². The predicted octanol–water partition coefficient (Wildman–Crippen LogP) is 9.98. The fraction of sp³-hybridized carbons (Fsp3) is 0.415. The molecule has 0 radical (unpaired) electrons.